The average molecular weight is 257 g/mol. The summed E-state index contributed by atoms with van der Waals surface area (Å²) in [6, 6.07) is -0.0755. The molecule has 0 unspecified atom stereocenters. The highest BCUT2D eigenvalue weighted by molar-refractivity contribution is 5.69. The zero-order valence-corrected chi connectivity index (χ0v) is 12.4. The summed E-state index contributed by atoms with van der Waals surface area (Å²) in [5.41, 5.74) is -0.493. The predicted octanol–water partition coefficient (Wildman–Crippen LogP) is 2.79. The summed E-state index contributed by atoms with van der Waals surface area (Å²) in [5, 5.41) is 10.1. The molecule has 0 aromatic carbocycles. The monoisotopic (exact) mass is 257 g/mol. The Labute approximate surface area is 110 Å². The summed E-state index contributed by atoms with van der Waals surface area (Å²) in [4.78, 5) is 13.9. The quantitative estimate of drug-likeness (QED) is 0.827. The zero-order chi connectivity index (χ0) is 14.1. The number of rotatable bonds is 2. The Morgan fingerprint density at radius 3 is 2.44 bits per heavy atom. The first-order valence-electron chi connectivity index (χ1n) is 6.81. The van der Waals surface area contributed by atoms with Crippen LogP contribution in [0.1, 0.15) is 54.4 Å². The van der Waals surface area contributed by atoms with Gasteiger partial charge in [0.1, 0.15) is 5.60 Å². The van der Waals surface area contributed by atoms with Crippen molar-refractivity contribution in [1.82, 2.24) is 4.90 Å². The second kappa shape index (κ2) is 5.47. The van der Waals surface area contributed by atoms with Crippen molar-refractivity contribution in [3.63, 3.8) is 0 Å². The highest BCUT2D eigenvalue weighted by Gasteiger charge is 2.42. The molecule has 106 valence electrons. The number of hydrogen-bond acceptors (Lipinski definition) is 3. The van der Waals surface area contributed by atoms with Gasteiger partial charge >= 0.3 is 6.09 Å². The van der Waals surface area contributed by atoms with Crippen LogP contribution in [0, 0.1) is 5.92 Å². The number of aliphatic hydroxyl groups is 1. The van der Waals surface area contributed by atoms with Crippen LogP contribution in [-0.4, -0.2) is 39.9 Å². The molecule has 0 spiro atoms. The van der Waals surface area contributed by atoms with Crippen LogP contribution in [0.4, 0.5) is 4.79 Å². The summed E-state index contributed by atoms with van der Waals surface area (Å²) < 4.78 is 5.43. The Morgan fingerprint density at radius 2 is 2.00 bits per heavy atom. The van der Waals surface area contributed by atoms with Crippen LogP contribution in [0.5, 0.6) is 0 Å². The van der Waals surface area contributed by atoms with Gasteiger partial charge < -0.3 is 9.84 Å². The molecule has 3 atom stereocenters. The molecule has 1 N–H and O–H groups in total. The Balaban J connectivity index is 2.79. The molecular weight excluding hydrogens is 230 g/mol. The first-order chi connectivity index (χ1) is 8.11. The lowest BCUT2D eigenvalue weighted by Crippen LogP contribution is -2.45. The van der Waals surface area contributed by atoms with Gasteiger partial charge in [0.2, 0.25) is 0 Å². The van der Waals surface area contributed by atoms with E-state index in [0.717, 1.165) is 6.42 Å². The van der Waals surface area contributed by atoms with Crippen molar-refractivity contribution in [1.29, 1.82) is 0 Å². The van der Waals surface area contributed by atoms with Crippen LogP contribution in [0.25, 0.3) is 0 Å². The lowest BCUT2D eigenvalue weighted by molar-refractivity contribution is 0.00725. The fourth-order valence-corrected chi connectivity index (χ4v) is 2.52. The zero-order valence-electron chi connectivity index (χ0n) is 12.4. The van der Waals surface area contributed by atoms with Crippen molar-refractivity contribution < 1.29 is 14.6 Å². The minimum atomic E-state index is -0.493. The standard InChI is InChI=1S/C14H27NO3/c1-9(2)7-11-12(16)8-10(3)15(11)13(17)18-14(4,5)6/h9-12,16H,7-8H2,1-6H3/t10-,11-,12-/m0/s1. The molecule has 0 bridgehead atoms. The third-order valence-corrected chi connectivity index (χ3v) is 3.18. The number of nitrogens with zero attached hydrogens (tertiary/aromatic N) is 1. The van der Waals surface area contributed by atoms with Gasteiger partial charge in [0.05, 0.1) is 12.1 Å². The Hall–Kier alpha value is -0.770. The minimum absolute atomic E-state index is 0.0404. The second-order valence-electron chi connectivity index (χ2n) is 6.74. The van der Waals surface area contributed by atoms with E-state index in [4.69, 9.17) is 4.74 Å². The van der Waals surface area contributed by atoms with E-state index in [-0.39, 0.29) is 18.2 Å². The molecule has 1 rings (SSSR count). The number of carbonyl (C=O) groups excluding carboxylic acids is 1. The van der Waals surface area contributed by atoms with Crippen LogP contribution >= 0.6 is 0 Å². The van der Waals surface area contributed by atoms with Crippen molar-refractivity contribution >= 4 is 6.09 Å². The van der Waals surface area contributed by atoms with E-state index >= 15 is 0 Å². The van der Waals surface area contributed by atoms with E-state index in [9.17, 15) is 9.90 Å². The summed E-state index contributed by atoms with van der Waals surface area (Å²) in [6.07, 6.45) is 0.702. The summed E-state index contributed by atoms with van der Waals surface area (Å²) in [5.74, 6) is 0.444. The number of carbonyl (C=O) groups is 1. The topological polar surface area (TPSA) is 49.8 Å². The third-order valence-electron chi connectivity index (χ3n) is 3.18. The lowest BCUT2D eigenvalue weighted by Gasteiger charge is -2.32. The molecule has 1 aliphatic rings. The summed E-state index contributed by atoms with van der Waals surface area (Å²) in [6.45, 7) is 11.7. The maximum atomic E-state index is 12.2. The molecule has 4 nitrogen and oxygen atoms in total. The Morgan fingerprint density at radius 1 is 1.44 bits per heavy atom. The van der Waals surface area contributed by atoms with Crippen LogP contribution < -0.4 is 0 Å². The van der Waals surface area contributed by atoms with Crippen molar-refractivity contribution in [2.24, 2.45) is 5.92 Å². The molecule has 18 heavy (non-hydrogen) atoms. The fourth-order valence-electron chi connectivity index (χ4n) is 2.52. The Kier molecular flexibility index (Phi) is 4.65. The lowest BCUT2D eigenvalue weighted by atomic mass is 10.00. The van der Waals surface area contributed by atoms with E-state index in [1.54, 1.807) is 4.90 Å². The van der Waals surface area contributed by atoms with Crippen LogP contribution in [0.3, 0.4) is 0 Å². The molecule has 1 heterocycles. The number of amides is 1. The van der Waals surface area contributed by atoms with Crippen LogP contribution in [0.2, 0.25) is 0 Å². The third kappa shape index (κ3) is 3.87. The van der Waals surface area contributed by atoms with E-state index in [2.05, 4.69) is 13.8 Å². The largest absolute Gasteiger partial charge is 0.444 e. The molecule has 0 aromatic rings. The maximum Gasteiger partial charge on any atom is 0.410 e. The van der Waals surface area contributed by atoms with E-state index in [1.165, 1.54) is 0 Å². The molecule has 0 aliphatic carbocycles. The molecule has 0 radical (unpaired) electrons. The average Bonchev–Trinajstić information content (AvgIpc) is 2.37. The van der Waals surface area contributed by atoms with Gasteiger partial charge in [0.25, 0.3) is 0 Å². The van der Waals surface area contributed by atoms with Gasteiger partial charge in [0.15, 0.2) is 0 Å². The highest BCUT2D eigenvalue weighted by atomic mass is 16.6. The summed E-state index contributed by atoms with van der Waals surface area (Å²) >= 11 is 0. The first kappa shape index (κ1) is 15.3. The molecule has 0 aromatic heterocycles. The number of ether oxygens (including phenoxy) is 1. The van der Waals surface area contributed by atoms with Crippen molar-refractivity contribution in [2.75, 3.05) is 0 Å². The van der Waals surface area contributed by atoms with Gasteiger partial charge in [-0.3, -0.25) is 4.90 Å². The van der Waals surface area contributed by atoms with E-state index < -0.39 is 11.7 Å². The molecule has 1 saturated heterocycles. The van der Waals surface area contributed by atoms with Crippen LogP contribution in [0.15, 0.2) is 0 Å². The van der Waals surface area contributed by atoms with Gasteiger partial charge in [-0.2, -0.15) is 0 Å². The fraction of sp³-hybridized carbons (Fsp3) is 0.929. The molecule has 1 fully saturated rings. The van der Waals surface area contributed by atoms with Gasteiger partial charge in [-0.1, -0.05) is 13.8 Å². The smallest absolute Gasteiger partial charge is 0.410 e. The normalized spacial score (nSPS) is 28.9. The molecule has 4 heteroatoms. The van der Waals surface area contributed by atoms with E-state index in [1.807, 2.05) is 27.7 Å². The van der Waals surface area contributed by atoms with Crippen molar-refractivity contribution in [2.45, 2.75) is 78.2 Å². The van der Waals surface area contributed by atoms with Gasteiger partial charge in [-0.05, 0) is 46.5 Å². The molecule has 1 aliphatic heterocycles. The number of hydrogen-bond donors (Lipinski definition) is 1. The maximum absolute atomic E-state index is 12.2. The van der Waals surface area contributed by atoms with Gasteiger partial charge in [-0.25, -0.2) is 4.79 Å². The molecule has 0 saturated carbocycles. The van der Waals surface area contributed by atoms with E-state index in [0.29, 0.717) is 12.3 Å². The highest BCUT2D eigenvalue weighted by Crippen LogP contribution is 2.30. The predicted molar refractivity (Wildman–Crippen MR) is 71.4 cm³/mol. The first-order valence-corrected chi connectivity index (χ1v) is 6.81. The SMILES string of the molecule is CC(C)C[C@H]1[C@@H](O)C[C@H](C)N1C(=O)OC(C)(C)C. The second-order valence-corrected chi connectivity index (χ2v) is 6.74. The minimum Gasteiger partial charge on any atom is -0.444 e. The van der Waals surface area contributed by atoms with Gasteiger partial charge in [-0.15, -0.1) is 0 Å². The van der Waals surface area contributed by atoms with Crippen LogP contribution in [-0.2, 0) is 4.74 Å². The number of aliphatic hydroxyl groups excluding tert-OH is 1. The Bertz CT molecular complexity index is 296. The molecular formula is C14H27NO3. The van der Waals surface area contributed by atoms with Crippen molar-refractivity contribution in [3.8, 4) is 0 Å². The summed E-state index contributed by atoms with van der Waals surface area (Å²) in [7, 11) is 0. The molecule has 1 amide bonds. The number of likely N-dealkylation sites (tertiary alicyclic amines) is 1. The van der Waals surface area contributed by atoms with Crippen molar-refractivity contribution in [3.05, 3.63) is 0 Å². The van der Waals surface area contributed by atoms with Gasteiger partial charge in [0, 0.05) is 6.04 Å².